The molecule has 0 aliphatic rings. The molecule has 3 N–H and O–H groups in total. The first-order chi connectivity index (χ1) is 10.0. The molecule has 0 unspecified atom stereocenters. The number of nitrogens with zero attached hydrogens (tertiary/aromatic N) is 2. The van der Waals surface area contributed by atoms with Gasteiger partial charge in [-0.3, -0.25) is 9.59 Å². The Hall–Kier alpha value is -1.38. The lowest BCUT2D eigenvalue weighted by Gasteiger charge is -2.20. The molecule has 1 amide bonds. The third-order valence-electron chi connectivity index (χ3n) is 3.08. The summed E-state index contributed by atoms with van der Waals surface area (Å²) in [6.45, 7) is 0.243. The van der Waals surface area contributed by atoms with Crippen LogP contribution in [0.25, 0.3) is 10.2 Å². The van der Waals surface area contributed by atoms with Crippen LogP contribution in [-0.4, -0.2) is 45.9 Å². The van der Waals surface area contributed by atoms with E-state index in [0.717, 1.165) is 5.75 Å². The SMILES string of the molecule is CSCC[C@@H](N)C(=O)N(C)Cc1nc2ccsc2c(=O)[nH]1. The van der Waals surface area contributed by atoms with Gasteiger partial charge in [0.25, 0.3) is 5.56 Å². The number of carbonyl (C=O) groups is 1. The van der Waals surface area contributed by atoms with Crippen molar-refractivity contribution in [3.63, 3.8) is 0 Å². The summed E-state index contributed by atoms with van der Waals surface area (Å²) in [5, 5.41) is 1.82. The van der Waals surface area contributed by atoms with Crippen molar-refractivity contribution in [1.82, 2.24) is 14.9 Å². The summed E-state index contributed by atoms with van der Waals surface area (Å²) in [7, 11) is 1.67. The minimum atomic E-state index is -0.515. The molecule has 0 fully saturated rings. The Morgan fingerprint density at radius 3 is 3.10 bits per heavy atom. The second-order valence-corrected chi connectivity index (χ2v) is 6.63. The zero-order valence-corrected chi connectivity index (χ0v) is 13.6. The first kappa shape index (κ1) is 16.0. The van der Waals surface area contributed by atoms with Gasteiger partial charge in [-0.15, -0.1) is 11.3 Å². The average molecular weight is 326 g/mol. The van der Waals surface area contributed by atoms with Gasteiger partial charge < -0.3 is 15.6 Å². The summed E-state index contributed by atoms with van der Waals surface area (Å²) in [5.74, 6) is 1.17. The van der Waals surface area contributed by atoms with E-state index in [0.29, 0.717) is 22.5 Å². The molecular weight excluding hydrogens is 308 g/mol. The Kier molecular flexibility index (Phi) is 5.38. The summed E-state index contributed by atoms with van der Waals surface area (Å²) < 4.78 is 0.601. The zero-order valence-electron chi connectivity index (χ0n) is 12.0. The Morgan fingerprint density at radius 2 is 2.38 bits per heavy atom. The molecule has 21 heavy (non-hydrogen) atoms. The van der Waals surface area contributed by atoms with E-state index >= 15 is 0 Å². The van der Waals surface area contributed by atoms with E-state index in [1.807, 2.05) is 11.6 Å². The number of amides is 1. The molecule has 1 atom stereocenters. The van der Waals surface area contributed by atoms with Crippen molar-refractivity contribution in [1.29, 1.82) is 0 Å². The number of likely N-dealkylation sites (N-methyl/N-ethyl adjacent to an activating group) is 1. The van der Waals surface area contributed by atoms with Gasteiger partial charge in [0.1, 0.15) is 10.5 Å². The average Bonchev–Trinajstić information content (AvgIpc) is 2.92. The van der Waals surface area contributed by atoms with Gasteiger partial charge in [-0.25, -0.2) is 4.98 Å². The van der Waals surface area contributed by atoms with E-state index in [-0.39, 0.29) is 18.0 Å². The van der Waals surface area contributed by atoms with Gasteiger partial charge >= 0.3 is 0 Å². The maximum atomic E-state index is 12.1. The number of fused-ring (bicyclic) bond motifs is 1. The van der Waals surface area contributed by atoms with E-state index in [1.165, 1.54) is 16.2 Å². The molecule has 0 radical (unpaired) electrons. The lowest BCUT2D eigenvalue weighted by molar-refractivity contribution is -0.131. The number of nitrogens with two attached hydrogens (primary N) is 1. The molecule has 0 aromatic carbocycles. The van der Waals surface area contributed by atoms with Crippen molar-refractivity contribution in [2.24, 2.45) is 5.73 Å². The van der Waals surface area contributed by atoms with Crippen LogP contribution in [0.1, 0.15) is 12.2 Å². The van der Waals surface area contributed by atoms with Crippen molar-refractivity contribution in [3.8, 4) is 0 Å². The van der Waals surface area contributed by atoms with E-state index in [1.54, 1.807) is 24.9 Å². The molecule has 0 spiro atoms. The zero-order chi connectivity index (χ0) is 15.4. The smallest absolute Gasteiger partial charge is 0.268 e. The van der Waals surface area contributed by atoms with Crippen molar-refractivity contribution in [2.75, 3.05) is 19.1 Å². The van der Waals surface area contributed by atoms with Crippen LogP contribution in [0.4, 0.5) is 0 Å². The van der Waals surface area contributed by atoms with Crippen molar-refractivity contribution in [3.05, 3.63) is 27.6 Å². The van der Waals surface area contributed by atoms with Gasteiger partial charge in [-0.05, 0) is 29.9 Å². The van der Waals surface area contributed by atoms with Crippen LogP contribution in [0.5, 0.6) is 0 Å². The largest absolute Gasteiger partial charge is 0.337 e. The highest BCUT2D eigenvalue weighted by atomic mass is 32.2. The molecular formula is C13H18N4O2S2. The standard InChI is InChI=1S/C13H18N4O2S2/c1-17(13(19)8(14)3-5-20-2)7-10-15-9-4-6-21-11(9)12(18)16-10/h4,6,8H,3,5,7,14H2,1-2H3,(H,15,16,18)/t8-/m1/s1. The van der Waals surface area contributed by atoms with E-state index < -0.39 is 6.04 Å². The van der Waals surface area contributed by atoms with Gasteiger partial charge in [0.05, 0.1) is 18.1 Å². The Labute approximate surface area is 130 Å². The van der Waals surface area contributed by atoms with Crippen LogP contribution in [0.3, 0.4) is 0 Å². The van der Waals surface area contributed by atoms with Crippen molar-refractivity contribution in [2.45, 2.75) is 19.0 Å². The maximum absolute atomic E-state index is 12.1. The third-order valence-corrected chi connectivity index (χ3v) is 4.62. The Bertz CT molecular complexity index is 682. The summed E-state index contributed by atoms with van der Waals surface area (Å²) in [5.41, 5.74) is 6.36. The monoisotopic (exact) mass is 326 g/mol. The van der Waals surface area contributed by atoms with Crippen LogP contribution in [0.2, 0.25) is 0 Å². The quantitative estimate of drug-likeness (QED) is 0.827. The third kappa shape index (κ3) is 3.84. The number of rotatable bonds is 6. The van der Waals surface area contributed by atoms with Crippen LogP contribution in [0.15, 0.2) is 16.2 Å². The number of H-pyrrole nitrogens is 1. The predicted molar refractivity (Wildman–Crippen MR) is 87.7 cm³/mol. The molecule has 6 nitrogen and oxygen atoms in total. The number of hydrogen-bond donors (Lipinski definition) is 2. The van der Waals surface area contributed by atoms with Crippen LogP contribution in [-0.2, 0) is 11.3 Å². The van der Waals surface area contributed by atoms with Crippen molar-refractivity contribution >= 4 is 39.2 Å². The van der Waals surface area contributed by atoms with Crippen molar-refractivity contribution < 1.29 is 4.79 Å². The minimum Gasteiger partial charge on any atom is -0.337 e. The maximum Gasteiger partial charge on any atom is 0.268 e. The first-order valence-corrected chi connectivity index (χ1v) is 8.76. The fraction of sp³-hybridized carbons (Fsp3) is 0.462. The highest BCUT2D eigenvalue weighted by Gasteiger charge is 2.18. The van der Waals surface area contributed by atoms with E-state index in [4.69, 9.17) is 5.73 Å². The molecule has 0 bridgehead atoms. The number of aromatic amines is 1. The topological polar surface area (TPSA) is 92.1 Å². The second kappa shape index (κ2) is 7.06. The fourth-order valence-corrected chi connectivity index (χ4v) is 3.17. The predicted octanol–water partition coefficient (Wildman–Crippen LogP) is 1.02. The Balaban J connectivity index is 2.08. The van der Waals surface area contributed by atoms with Crippen LogP contribution in [0, 0.1) is 0 Å². The number of carbonyl (C=O) groups excluding carboxylic acids is 1. The molecule has 0 saturated carbocycles. The second-order valence-electron chi connectivity index (χ2n) is 4.73. The first-order valence-electron chi connectivity index (χ1n) is 6.49. The highest BCUT2D eigenvalue weighted by molar-refractivity contribution is 7.98. The lowest BCUT2D eigenvalue weighted by Crippen LogP contribution is -2.42. The molecule has 2 heterocycles. The summed E-state index contributed by atoms with van der Waals surface area (Å²) >= 11 is 3.01. The van der Waals surface area contributed by atoms with Gasteiger partial charge in [0.15, 0.2) is 0 Å². The molecule has 2 rings (SSSR count). The summed E-state index contributed by atoms with van der Waals surface area (Å²) in [6.07, 6.45) is 2.61. The number of hydrogen-bond acceptors (Lipinski definition) is 6. The fourth-order valence-electron chi connectivity index (χ4n) is 1.95. The highest BCUT2D eigenvalue weighted by Crippen LogP contribution is 2.14. The number of thiophene rings is 1. The summed E-state index contributed by atoms with van der Waals surface area (Å²) in [4.78, 5) is 32.6. The Morgan fingerprint density at radius 1 is 1.62 bits per heavy atom. The minimum absolute atomic E-state index is 0.142. The lowest BCUT2D eigenvalue weighted by atomic mass is 10.2. The molecule has 2 aromatic rings. The molecule has 0 aliphatic heterocycles. The number of aromatic nitrogens is 2. The molecule has 114 valence electrons. The molecule has 0 saturated heterocycles. The van der Waals surface area contributed by atoms with E-state index in [2.05, 4.69) is 9.97 Å². The number of thioether (sulfide) groups is 1. The number of nitrogens with one attached hydrogen (secondary N) is 1. The molecule has 8 heteroatoms. The van der Waals surface area contributed by atoms with Gasteiger partial charge in [-0.2, -0.15) is 11.8 Å². The van der Waals surface area contributed by atoms with Crippen LogP contribution >= 0.6 is 23.1 Å². The summed E-state index contributed by atoms with van der Waals surface area (Å²) in [6, 6.07) is 1.28. The molecule has 2 aromatic heterocycles. The van der Waals surface area contributed by atoms with E-state index in [9.17, 15) is 9.59 Å². The van der Waals surface area contributed by atoms with Crippen LogP contribution < -0.4 is 11.3 Å². The molecule has 0 aliphatic carbocycles. The van der Waals surface area contributed by atoms with Gasteiger partial charge in [0, 0.05) is 7.05 Å². The normalized spacial score (nSPS) is 12.5. The van der Waals surface area contributed by atoms with Gasteiger partial charge in [-0.1, -0.05) is 0 Å². The van der Waals surface area contributed by atoms with Gasteiger partial charge in [0.2, 0.25) is 5.91 Å².